The lowest BCUT2D eigenvalue weighted by Gasteiger charge is -2.11. The van der Waals surface area contributed by atoms with Crippen LogP contribution in [-0.4, -0.2) is 24.3 Å². The average Bonchev–Trinajstić information content (AvgIpc) is 3.33. The summed E-state index contributed by atoms with van der Waals surface area (Å²) >= 11 is 0. The molecule has 0 saturated heterocycles. The van der Waals surface area contributed by atoms with Crippen molar-refractivity contribution in [3.8, 4) is 23.5 Å². The van der Waals surface area contributed by atoms with Crippen LogP contribution >= 0.6 is 0 Å². The van der Waals surface area contributed by atoms with Crippen molar-refractivity contribution in [1.82, 2.24) is 4.57 Å². The molecule has 7 nitrogen and oxygen atoms in total. The van der Waals surface area contributed by atoms with E-state index in [0.717, 1.165) is 0 Å². The van der Waals surface area contributed by atoms with Crippen molar-refractivity contribution in [1.29, 1.82) is 5.26 Å². The number of carbonyl (C=O) groups excluding carboxylic acids is 1. The van der Waals surface area contributed by atoms with E-state index in [9.17, 15) is 18.8 Å². The van der Waals surface area contributed by atoms with Crippen molar-refractivity contribution >= 4 is 5.97 Å². The van der Waals surface area contributed by atoms with Gasteiger partial charge in [-0.3, -0.25) is 4.57 Å². The molecule has 29 heavy (non-hydrogen) atoms. The minimum atomic E-state index is -2.99. The molecular formula is C20H16F2N2O5. The van der Waals surface area contributed by atoms with Crippen molar-refractivity contribution in [2.45, 2.75) is 20.1 Å². The van der Waals surface area contributed by atoms with Crippen LogP contribution in [0.25, 0.3) is 5.88 Å². The number of esters is 1. The van der Waals surface area contributed by atoms with Crippen LogP contribution in [-0.2, 0) is 11.3 Å². The Labute approximate surface area is 164 Å². The lowest BCUT2D eigenvalue weighted by molar-refractivity contribution is -0.0512. The number of halogens is 2. The first kappa shape index (κ1) is 19.9. The summed E-state index contributed by atoms with van der Waals surface area (Å²) < 4.78 is 46.6. The Hall–Kier alpha value is -3.80. The highest BCUT2D eigenvalue weighted by atomic mass is 19.3. The number of hydrogen-bond acceptors (Lipinski definition) is 6. The summed E-state index contributed by atoms with van der Waals surface area (Å²) in [5, 5.41) is 9.49. The third kappa shape index (κ3) is 4.21. The second-order valence-electron chi connectivity index (χ2n) is 5.86. The minimum Gasteiger partial charge on any atom is -0.493 e. The summed E-state index contributed by atoms with van der Waals surface area (Å²) in [6, 6.07) is 9.66. The molecule has 0 aliphatic heterocycles. The molecule has 0 radical (unpaired) electrons. The van der Waals surface area contributed by atoms with Crippen molar-refractivity contribution in [3.63, 3.8) is 0 Å². The molecule has 150 valence electrons. The van der Waals surface area contributed by atoms with E-state index in [1.165, 1.54) is 25.3 Å². The largest absolute Gasteiger partial charge is 0.493 e. The number of methoxy groups -OCH3 is 1. The number of aromatic nitrogens is 1. The van der Waals surface area contributed by atoms with Crippen molar-refractivity contribution in [3.05, 3.63) is 65.2 Å². The molecule has 0 aliphatic rings. The lowest BCUT2D eigenvalue weighted by atomic mass is 10.1. The van der Waals surface area contributed by atoms with Crippen molar-refractivity contribution in [2.24, 2.45) is 0 Å². The number of carbonyl (C=O) groups is 1. The van der Waals surface area contributed by atoms with Gasteiger partial charge in [-0.1, -0.05) is 6.07 Å². The van der Waals surface area contributed by atoms with E-state index in [1.807, 2.05) is 6.07 Å². The fourth-order valence-electron chi connectivity index (χ4n) is 2.75. The molecule has 0 spiro atoms. The molecule has 0 amide bonds. The van der Waals surface area contributed by atoms with E-state index in [1.54, 1.807) is 36.0 Å². The van der Waals surface area contributed by atoms with Crippen molar-refractivity contribution < 1.29 is 32.2 Å². The van der Waals surface area contributed by atoms with Gasteiger partial charge < -0.3 is 18.6 Å². The Morgan fingerprint density at radius 3 is 2.62 bits per heavy atom. The zero-order chi connectivity index (χ0) is 21.0. The van der Waals surface area contributed by atoms with E-state index >= 15 is 0 Å². The zero-order valence-electron chi connectivity index (χ0n) is 15.5. The monoisotopic (exact) mass is 402 g/mol. The number of rotatable bonds is 7. The predicted octanol–water partition coefficient (Wildman–Crippen LogP) is 4.22. The number of aryl methyl sites for hydroxylation is 1. The molecule has 0 fully saturated rings. The molecular weight excluding hydrogens is 386 g/mol. The summed E-state index contributed by atoms with van der Waals surface area (Å²) in [5.41, 5.74) is 0.574. The van der Waals surface area contributed by atoms with Gasteiger partial charge >= 0.3 is 12.6 Å². The molecule has 0 aliphatic carbocycles. The Morgan fingerprint density at radius 2 is 2.00 bits per heavy atom. The van der Waals surface area contributed by atoms with Crippen LogP contribution in [0.1, 0.15) is 27.2 Å². The zero-order valence-corrected chi connectivity index (χ0v) is 15.5. The third-order valence-electron chi connectivity index (χ3n) is 4.03. The number of alkyl halides is 2. The maximum Gasteiger partial charge on any atom is 0.387 e. The van der Waals surface area contributed by atoms with Gasteiger partial charge in [-0.2, -0.15) is 14.0 Å². The Bertz CT molecular complexity index is 1050. The van der Waals surface area contributed by atoms with Crippen LogP contribution in [0, 0.1) is 18.3 Å². The summed E-state index contributed by atoms with van der Waals surface area (Å²) in [5.74, 6) is -0.337. The van der Waals surface area contributed by atoms with E-state index < -0.39 is 12.6 Å². The first-order valence-electron chi connectivity index (χ1n) is 8.40. The number of hydrogen-bond donors (Lipinski definition) is 0. The van der Waals surface area contributed by atoms with E-state index in [2.05, 4.69) is 4.74 Å². The highest BCUT2D eigenvalue weighted by Gasteiger charge is 2.26. The minimum absolute atomic E-state index is 0.0285. The van der Waals surface area contributed by atoms with Gasteiger partial charge in [-0.25, -0.2) is 4.79 Å². The van der Waals surface area contributed by atoms with E-state index in [-0.39, 0.29) is 40.9 Å². The van der Waals surface area contributed by atoms with Crippen LogP contribution in [0.15, 0.2) is 47.1 Å². The van der Waals surface area contributed by atoms with Crippen LogP contribution in [0.2, 0.25) is 0 Å². The van der Waals surface area contributed by atoms with Gasteiger partial charge in [-0.05, 0) is 36.8 Å². The molecule has 9 heteroatoms. The molecule has 1 aromatic carbocycles. The molecule has 0 bridgehead atoms. The average molecular weight is 402 g/mol. The van der Waals surface area contributed by atoms with Crippen LogP contribution < -0.4 is 9.47 Å². The van der Waals surface area contributed by atoms with Gasteiger partial charge in [-0.15, -0.1) is 0 Å². The molecule has 2 aromatic heterocycles. The van der Waals surface area contributed by atoms with Gasteiger partial charge in [0.1, 0.15) is 29.6 Å². The van der Waals surface area contributed by atoms with Gasteiger partial charge in [0, 0.05) is 12.4 Å². The summed E-state index contributed by atoms with van der Waals surface area (Å²) in [6.45, 7) is -1.60. The van der Waals surface area contributed by atoms with E-state index in [4.69, 9.17) is 13.9 Å². The fourth-order valence-corrected chi connectivity index (χ4v) is 2.75. The molecule has 0 atom stereocenters. The van der Waals surface area contributed by atoms with Crippen LogP contribution in [0.4, 0.5) is 8.78 Å². The third-order valence-corrected chi connectivity index (χ3v) is 4.03. The second kappa shape index (κ2) is 8.48. The Balaban J connectivity index is 1.79. The Kier molecular flexibility index (Phi) is 5.83. The predicted molar refractivity (Wildman–Crippen MR) is 96.2 cm³/mol. The van der Waals surface area contributed by atoms with Crippen LogP contribution in [0.5, 0.6) is 11.5 Å². The molecule has 0 unspecified atom stereocenters. The van der Waals surface area contributed by atoms with Gasteiger partial charge in [0.2, 0.25) is 5.88 Å². The Morgan fingerprint density at radius 1 is 1.28 bits per heavy atom. The van der Waals surface area contributed by atoms with Gasteiger partial charge in [0.15, 0.2) is 11.5 Å². The number of ether oxygens (including phenoxy) is 3. The summed E-state index contributed by atoms with van der Waals surface area (Å²) in [7, 11) is 1.31. The number of furan rings is 1. The fraction of sp³-hybridized carbons (Fsp3) is 0.200. The lowest BCUT2D eigenvalue weighted by Crippen LogP contribution is -2.08. The first-order valence-corrected chi connectivity index (χ1v) is 8.40. The maximum absolute atomic E-state index is 12.6. The SMILES string of the molecule is COc1cc(COC(=O)c2c(C)oc(-n3cccc3)c2C#N)ccc1OC(F)F. The highest BCUT2D eigenvalue weighted by molar-refractivity contribution is 5.94. The second-order valence-corrected chi connectivity index (χ2v) is 5.86. The molecule has 0 N–H and O–H groups in total. The van der Waals surface area contributed by atoms with Gasteiger partial charge in [0.25, 0.3) is 0 Å². The topological polar surface area (TPSA) is 86.6 Å². The summed E-state index contributed by atoms with van der Waals surface area (Å²) in [6.07, 6.45) is 3.37. The van der Waals surface area contributed by atoms with Crippen molar-refractivity contribution in [2.75, 3.05) is 7.11 Å². The highest BCUT2D eigenvalue weighted by Crippen LogP contribution is 2.30. The first-order chi connectivity index (χ1) is 13.9. The number of nitriles is 1. The van der Waals surface area contributed by atoms with Gasteiger partial charge in [0.05, 0.1) is 7.11 Å². The normalized spacial score (nSPS) is 10.6. The smallest absolute Gasteiger partial charge is 0.387 e. The van der Waals surface area contributed by atoms with E-state index in [0.29, 0.717) is 5.56 Å². The molecule has 0 saturated carbocycles. The molecule has 3 aromatic rings. The van der Waals surface area contributed by atoms with Crippen LogP contribution in [0.3, 0.4) is 0 Å². The quantitative estimate of drug-likeness (QED) is 0.550. The number of benzene rings is 1. The maximum atomic E-state index is 12.6. The standard InChI is InChI=1S/C20H16F2N2O5/c1-12-17(14(10-23)18(28-12)24-7-3-4-8-24)19(25)27-11-13-5-6-15(29-20(21)22)16(9-13)26-2/h3-9,20H,11H2,1-2H3. The summed E-state index contributed by atoms with van der Waals surface area (Å²) in [4.78, 5) is 12.6. The molecule has 3 rings (SSSR count). The number of nitrogens with zero attached hydrogens (tertiary/aromatic N) is 2. The molecule has 2 heterocycles.